The standard InChI is InChI=1S/C10H18O4/c1-7(10(12)14-4)5-9(11)8(2)6-13-3/h7-8H,5-6H2,1-4H3/t7-,8+/m1/s1. The maximum atomic E-state index is 11.5. The second kappa shape index (κ2) is 6.54. The van der Waals surface area contributed by atoms with Crippen LogP contribution in [0.1, 0.15) is 20.3 Å². The molecule has 0 aromatic heterocycles. The van der Waals surface area contributed by atoms with Gasteiger partial charge in [-0.3, -0.25) is 9.59 Å². The molecular formula is C10H18O4. The Morgan fingerprint density at radius 2 is 1.71 bits per heavy atom. The van der Waals surface area contributed by atoms with Crippen LogP contribution in [0.25, 0.3) is 0 Å². The third kappa shape index (κ3) is 4.37. The summed E-state index contributed by atoms with van der Waals surface area (Å²) in [6.45, 7) is 3.87. The molecule has 0 aliphatic rings. The van der Waals surface area contributed by atoms with Crippen molar-refractivity contribution in [2.24, 2.45) is 11.8 Å². The summed E-state index contributed by atoms with van der Waals surface area (Å²) < 4.78 is 9.39. The maximum Gasteiger partial charge on any atom is 0.308 e. The fraction of sp³-hybridized carbons (Fsp3) is 0.800. The van der Waals surface area contributed by atoms with Crippen LogP contribution < -0.4 is 0 Å². The zero-order valence-electron chi connectivity index (χ0n) is 9.20. The molecule has 0 aliphatic heterocycles. The predicted molar refractivity (Wildman–Crippen MR) is 51.8 cm³/mol. The quantitative estimate of drug-likeness (QED) is 0.604. The Labute approximate surface area is 84.6 Å². The molecule has 0 saturated carbocycles. The Morgan fingerprint density at radius 1 is 1.14 bits per heavy atom. The highest BCUT2D eigenvalue weighted by molar-refractivity contribution is 5.85. The van der Waals surface area contributed by atoms with E-state index >= 15 is 0 Å². The molecule has 0 N–H and O–H groups in total. The smallest absolute Gasteiger partial charge is 0.308 e. The monoisotopic (exact) mass is 202 g/mol. The van der Waals surface area contributed by atoms with Crippen molar-refractivity contribution >= 4 is 11.8 Å². The molecule has 0 fully saturated rings. The molecule has 0 aliphatic carbocycles. The van der Waals surface area contributed by atoms with Crippen LogP contribution in [0.15, 0.2) is 0 Å². The zero-order valence-corrected chi connectivity index (χ0v) is 9.20. The van der Waals surface area contributed by atoms with Crippen molar-refractivity contribution in [3.63, 3.8) is 0 Å². The van der Waals surface area contributed by atoms with E-state index in [1.165, 1.54) is 7.11 Å². The fourth-order valence-electron chi connectivity index (χ4n) is 1.13. The van der Waals surface area contributed by atoms with Crippen LogP contribution >= 0.6 is 0 Å². The van der Waals surface area contributed by atoms with Crippen LogP contribution in [0.4, 0.5) is 0 Å². The first-order chi connectivity index (χ1) is 6.52. The van der Waals surface area contributed by atoms with E-state index in [1.807, 2.05) is 0 Å². The van der Waals surface area contributed by atoms with Crippen molar-refractivity contribution in [3.8, 4) is 0 Å². The van der Waals surface area contributed by atoms with Gasteiger partial charge in [0.1, 0.15) is 5.78 Å². The highest BCUT2D eigenvalue weighted by atomic mass is 16.5. The highest BCUT2D eigenvalue weighted by Gasteiger charge is 2.20. The summed E-state index contributed by atoms with van der Waals surface area (Å²) in [4.78, 5) is 22.5. The minimum absolute atomic E-state index is 0.0322. The molecule has 0 aromatic carbocycles. The molecule has 14 heavy (non-hydrogen) atoms. The average Bonchev–Trinajstić information content (AvgIpc) is 2.16. The van der Waals surface area contributed by atoms with Crippen molar-refractivity contribution < 1.29 is 19.1 Å². The van der Waals surface area contributed by atoms with Gasteiger partial charge < -0.3 is 9.47 Å². The molecule has 0 amide bonds. The van der Waals surface area contributed by atoms with E-state index in [4.69, 9.17) is 4.74 Å². The van der Waals surface area contributed by atoms with E-state index in [2.05, 4.69) is 4.74 Å². The predicted octanol–water partition coefficient (Wildman–Crippen LogP) is 1.04. The number of ketones is 1. The van der Waals surface area contributed by atoms with Crippen LogP contribution in [-0.2, 0) is 19.1 Å². The number of hydrogen-bond donors (Lipinski definition) is 0. The zero-order chi connectivity index (χ0) is 11.1. The summed E-state index contributed by atoms with van der Waals surface area (Å²) in [6.07, 6.45) is 0.219. The summed E-state index contributed by atoms with van der Waals surface area (Å²) in [5.74, 6) is -0.841. The number of Topliss-reactive ketones (excluding diaryl/α,β-unsaturated/α-hetero) is 1. The number of methoxy groups -OCH3 is 2. The van der Waals surface area contributed by atoms with E-state index in [0.717, 1.165) is 0 Å². The van der Waals surface area contributed by atoms with E-state index in [9.17, 15) is 9.59 Å². The van der Waals surface area contributed by atoms with Crippen molar-refractivity contribution in [1.29, 1.82) is 0 Å². The highest BCUT2D eigenvalue weighted by Crippen LogP contribution is 2.10. The van der Waals surface area contributed by atoms with Crippen LogP contribution in [0.5, 0.6) is 0 Å². The first-order valence-corrected chi connectivity index (χ1v) is 4.62. The average molecular weight is 202 g/mol. The number of ether oxygens (including phenoxy) is 2. The number of carbonyl (C=O) groups is 2. The number of rotatable bonds is 6. The molecule has 0 spiro atoms. The van der Waals surface area contributed by atoms with Crippen LogP contribution in [0.2, 0.25) is 0 Å². The van der Waals surface area contributed by atoms with Gasteiger partial charge in [0.05, 0.1) is 19.6 Å². The van der Waals surface area contributed by atoms with Crippen LogP contribution in [-0.4, -0.2) is 32.6 Å². The van der Waals surface area contributed by atoms with Crippen LogP contribution in [0.3, 0.4) is 0 Å². The van der Waals surface area contributed by atoms with E-state index in [-0.39, 0.29) is 30.0 Å². The van der Waals surface area contributed by atoms with Gasteiger partial charge in [-0.25, -0.2) is 0 Å². The molecule has 4 nitrogen and oxygen atoms in total. The maximum absolute atomic E-state index is 11.5. The topological polar surface area (TPSA) is 52.6 Å². The van der Waals surface area contributed by atoms with Gasteiger partial charge in [-0.05, 0) is 0 Å². The third-order valence-electron chi connectivity index (χ3n) is 2.08. The Balaban J connectivity index is 3.98. The second-order valence-electron chi connectivity index (χ2n) is 3.45. The Kier molecular flexibility index (Phi) is 6.12. The molecule has 0 heterocycles. The Hall–Kier alpha value is -0.900. The molecular weight excluding hydrogens is 184 g/mol. The Morgan fingerprint density at radius 3 is 2.14 bits per heavy atom. The minimum atomic E-state index is -0.369. The lowest BCUT2D eigenvalue weighted by atomic mass is 9.97. The van der Waals surface area contributed by atoms with Gasteiger partial charge in [-0.15, -0.1) is 0 Å². The first-order valence-electron chi connectivity index (χ1n) is 4.62. The van der Waals surface area contributed by atoms with Gasteiger partial charge >= 0.3 is 5.97 Å². The number of carbonyl (C=O) groups excluding carboxylic acids is 2. The first kappa shape index (κ1) is 13.1. The Bertz CT molecular complexity index is 200. The van der Waals surface area contributed by atoms with Gasteiger partial charge in [-0.2, -0.15) is 0 Å². The van der Waals surface area contributed by atoms with Gasteiger partial charge in [0, 0.05) is 19.4 Å². The second-order valence-corrected chi connectivity index (χ2v) is 3.45. The molecule has 0 rings (SSSR count). The molecule has 4 heteroatoms. The minimum Gasteiger partial charge on any atom is -0.469 e. The number of esters is 1. The fourth-order valence-corrected chi connectivity index (χ4v) is 1.13. The lowest BCUT2D eigenvalue weighted by Crippen LogP contribution is -2.22. The molecule has 0 aromatic rings. The normalized spacial score (nSPS) is 14.6. The van der Waals surface area contributed by atoms with Gasteiger partial charge in [0.25, 0.3) is 0 Å². The van der Waals surface area contributed by atoms with E-state index in [1.54, 1.807) is 21.0 Å². The summed E-state index contributed by atoms with van der Waals surface area (Å²) in [5, 5.41) is 0. The van der Waals surface area contributed by atoms with Gasteiger partial charge in [0.15, 0.2) is 0 Å². The van der Waals surface area contributed by atoms with Crippen molar-refractivity contribution in [2.75, 3.05) is 20.8 Å². The lowest BCUT2D eigenvalue weighted by Gasteiger charge is -2.12. The molecule has 2 atom stereocenters. The molecule has 0 bridgehead atoms. The van der Waals surface area contributed by atoms with Crippen molar-refractivity contribution in [3.05, 3.63) is 0 Å². The van der Waals surface area contributed by atoms with E-state index < -0.39 is 0 Å². The third-order valence-corrected chi connectivity index (χ3v) is 2.08. The molecule has 0 radical (unpaired) electrons. The van der Waals surface area contributed by atoms with Crippen molar-refractivity contribution in [1.82, 2.24) is 0 Å². The largest absolute Gasteiger partial charge is 0.469 e. The molecule has 82 valence electrons. The molecule has 0 unspecified atom stereocenters. The SMILES string of the molecule is COC[C@H](C)C(=O)C[C@@H](C)C(=O)OC. The summed E-state index contributed by atoms with van der Waals surface area (Å²) in [6, 6.07) is 0. The number of hydrogen-bond acceptors (Lipinski definition) is 4. The summed E-state index contributed by atoms with van der Waals surface area (Å²) in [5.41, 5.74) is 0. The summed E-state index contributed by atoms with van der Waals surface area (Å²) in [7, 11) is 2.87. The lowest BCUT2D eigenvalue weighted by molar-refractivity contribution is -0.147. The van der Waals surface area contributed by atoms with Gasteiger partial charge in [-0.1, -0.05) is 13.8 Å². The molecule has 0 saturated heterocycles. The van der Waals surface area contributed by atoms with Crippen molar-refractivity contribution in [2.45, 2.75) is 20.3 Å². The van der Waals surface area contributed by atoms with Gasteiger partial charge in [0.2, 0.25) is 0 Å². The van der Waals surface area contributed by atoms with E-state index in [0.29, 0.717) is 6.61 Å². The summed E-state index contributed by atoms with van der Waals surface area (Å²) >= 11 is 0. The van der Waals surface area contributed by atoms with Crippen LogP contribution in [0, 0.1) is 11.8 Å².